The van der Waals surface area contributed by atoms with Crippen LogP contribution in [0, 0.1) is 0 Å². The molecular formula is C6H9BN2. The van der Waals surface area contributed by atoms with Gasteiger partial charge in [0.15, 0.2) is 0 Å². The third-order valence-electron chi connectivity index (χ3n) is 1.22. The van der Waals surface area contributed by atoms with Gasteiger partial charge in [-0.2, -0.15) is 5.10 Å². The molecule has 0 aromatic carbocycles. The third kappa shape index (κ3) is 1.34. The van der Waals surface area contributed by atoms with Crippen LogP contribution in [-0.4, -0.2) is 17.7 Å². The maximum atomic E-state index is 5.32. The number of nitrogens with zero attached hydrogens (tertiary/aromatic N) is 2. The predicted molar refractivity (Wildman–Crippen MR) is 37.5 cm³/mol. The number of rotatable bonds is 1. The number of hydrogen-bond acceptors (Lipinski definition) is 1. The van der Waals surface area contributed by atoms with Gasteiger partial charge in [0.05, 0.1) is 5.69 Å². The standard InChI is InChI=1S/C6H9BN2/c1-5(2)6-3-4-9(7)8-6/h3-5H,1-2H3. The molecule has 0 aliphatic carbocycles. The summed E-state index contributed by atoms with van der Waals surface area (Å²) < 4.78 is 1.33. The van der Waals surface area contributed by atoms with Crippen molar-refractivity contribution >= 4 is 7.98 Å². The van der Waals surface area contributed by atoms with E-state index in [2.05, 4.69) is 18.9 Å². The van der Waals surface area contributed by atoms with Crippen molar-refractivity contribution in [2.45, 2.75) is 19.8 Å². The zero-order valence-electron chi connectivity index (χ0n) is 5.70. The predicted octanol–water partition coefficient (Wildman–Crippen LogP) is 0.938. The molecule has 46 valence electrons. The lowest BCUT2D eigenvalue weighted by molar-refractivity contribution is 0.796. The van der Waals surface area contributed by atoms with E-state index in [9.17, 15) is 0 Å². The van der Waals surface area contributed by atoms with E-state index in [1.807, 2.05) is 6.07 Å². The maximum Gasteiger partial charge on any atom is 0.264 e. The van der Waals surface area contributed by atoms with Crippen molar-refractivity contribution in [1.29, 1.82) is 0 Å². The Balaban J connectivity index is 2.85. The average molecular weight is 120 g/mol. The molecule has 0 unspecified atom stereocenters. The van der Waals surface area contributed by atoms with Crippen molar-refractivity contribution in [1.82, 2.24) is 9.69 Å². The number of aromatic nitrogens is 2. The summed E-state index contributed by atoms with van der Waals surface area (Å²) in [6.07, 6.45) is 1.75. The van der Waals surface area contributed by atoms with Gasteiger partial charge in [-0.05, 0) is 12.0 Å². The minimum Gasteiger partial charge on any atom is -0.330 e. The summed E-state index contributed by atoms with van der Waals surface area (Å²) in [4.78, 5) is 0. The highest BCUT2D eigenvalue weighted by atomic mass is 15.2. The van der Waals surface area contributed by atoms with E-state index < -0.39 is 0 Å². The van der Waals surface area contributed by atoms with E-state index in [-0.39, 0.29) is 0 Å². The van der Waals surface area contributed by atoms with Gasteiger partial charge in [0.1, 0.15) is 0 Å². The zero-order valence-corrected chi connectivity index (χ0v) is 5.70. The van der Waals surface area contributed by atoms with Gasteiger partial charge in [0.25, 0.3) is 7.98 Å². The summed E-state index contributed by atoms with van der Waals surface area (Å²) in [5.41, 5.74) is 1.04. The lowest BCUT2D eigenvalue weighted by Gasteiger charge is -1.95. The van der Waals surface area contributed by atoms with Crippen LogP contribution in [0.2, 0.25) is 0 Å². The Morgan fingerprint density at radius 3 is 2.56 bits per heavy atom. The second kappa shape index (κ2) is 2.25. The Morgan fingerprint density at radius 2 is 2.33 bits per heavy atom. The first-order valence-corrected chi connectivity index (χ1v) is 3.01. The van der Waals surface area contributed by atoms with Gasteiger partial charge >= 0.3 is 0 Å². The summed E-state index contributed by atoms with van der Waals surface area (Å²) >= 11 is 0. The molecule has 0 amide bonds. The zero-order chi connectivity index (χ0) is 6.85. The van der Waals surface area contributed by atoms with Crippen LogP contribution >= 0.6 is 0 Å². The molecule has 0 fully saturated rings. The summed E-state index contributed by atoms with van der Waals surface area (Å²) in [6, 6.07) is 1.92. The molecule has 0 saturated carbocycles. The van der Waals surface area contributed by atoms with Crippen molar-refractivity contribution in [3.05, 3.63) is 18.0 Å². The highest BCUT2D eigenvalue weighted by molar-refractivity contribution is 6.05. The van der Waals surface area contributed by atoms with E-state index in [1.165, 1.54) is 4.59 Å². The smallest absolute Gasteiger partial charge is 0.264 e. The van der Waals surface area contributed by atoms with Crippen LogP contribution in [0.3, 0.4) is 0 Å². The lowest BCUT2D eigenvalue weighted by atomic mass is 10.1. The Labute approximate surface area is 56.3 Å². The molecule has 2 radical (unpaired) electrons. The molecule has 0 spiro atoms. The third-order valence-corrected chi connectivity index (χ3v) is 1.22. The summed E-state index contributed by atoms with van der Waals surface area (Å²) in [5, 5.41) is 4.00. The van der Waals surface area contributed by atoms with Crippen molar-refractivity contribution in [3.63, 3.8) is 0 Å². The Bertz CT molecular complexity index is 193. The molecule has 9 heavy (non-hydrogen) atoms. The maximum absolute atomic E-state index is 5.32. The molecule has 0 aliphatic heterocycles. The number of hydrogen-bond donors (Lipinski definition) is 0. The average Bonchev–Trinajstić information content (AvgIpc) is 2.14. The van der Waals surface area contributed by atoms with Gasteiger partial charge in [-0.25, -0.2) is 0 Å². The minimum atomic E-state index is 0.467. The molecule has 2 nitrogen and oxygen atoms in total. The molecule has 0 saturated heterocycles. The van der Waals surface area contributed by atoms with Crippen LogP contribution in [-0.2, 0) is 0 Å². The minimum absolute atomic E-state index is 0.467. The lowest BCUT2D eigenvalue weighted by Crippen LogP contribution is -1.94. The first kappa shape index (κ1) is 6.40. The molecule has 3 heteroatoms. The summed E-state index contributed by atoms with van der Waals surface area (Å²) in [6.45, 7) is 4.17. The molecular weight excluding hydrogens is 111 g/mol. The van der Waals surface area contributed by atoms with Crippen molar-refractivity contribution in [2.24, 2.45) is 0 Å². The second-order valence-electron chi connectivity index (χ2n) is 2.38. The van der Waals surface area contributed by atoms with Gasteiger partial charge < -0.3 is 4.59 Å². The van der Waals surface area contributed by atoms with Crippen LogP contribution in [0.15, 0.2) is 12.3 Å². The van der Waals surface area contributed by atoms with Crippen LogP contribution in [0.4, 0.5) is 0 Å². The fraction of sp³-hybridized carbons (Fsp3) is 0.500. The van der Waals surface area contributed by atoms with Crippen molar-refractivity contribution in [3.8, 4) is 0 Å². The van der Waals surface area contributed by atoms with Crippen LogP contribution in [0.5, 0.6) is 0 Å². The van der Waals surface area contributed by atoms with E-state index in [0.29, 0.717) is 5.92 Å². The van der Waals surface area contributed by atoms with Crippen LogP contribution in [0.25, 0.3) is 0 Å². The highest BCUT2D eigenvalue weighted by Gasteiger charge is 1.99. The Kier molecular flexibility index (Phi) is 1.60. The highest BCUT2D eigenvalue weighted by Crippen LogP contribution is 2.08. The van der Waals surface area contributed by atoms with Crippen LogP contribution in [0.1, 0.15) is 25.5 Å². The first-order chi connectivity index (χ1) is 4.20. The van der Waals surface area contributed by atoms with Gasteiger partial charge in [0, 0.05) is 6.20 Å². The molecule has 0 bridgehead atoms. The Hall–Kier alpha value is -0.725. The molecule has 1 heterocycles. The van der Waals surface area contributed by atoms with Gasteiger partial charge in [-0.15, -0.1) is 0 Å². The topological polar surface area (TPSA) is 17.8 Å². The summed E-state index contributed by atoms with van der Waals surface area (Å²) in [7, 11) is 5.32. The second-order valence-corrected chi connectivity index (χ2v) is 2.38. The SMILES string of the molecule is [B]n1ccc(C(C)C)n1. The molecule has 0 atom stereocenters. The molecule has 0 aliphatic rings. The molecule has 0 N–H and O–H groups in total. The molecule has 1 aromatic heterocycles. The quantitative estimate of drug-likeness (QED) is 0.504. The fourth-order valence-electron chi connectivity index (χ4n) is 0.661. The van der Waals surface area contributed by atoms with Crippen molar-refractivity contribution in [2.75, 3.05) is 0 Å². The molecule has 1 aromatic rings. The first-order valence-electron chi connectivity index (χ1n) is 3.01. The van der Waals surface area contributed by atoms with Gasteiger partial charge in [-0.1, -0.05) is 13.8 Å². The van der Waals surface area contributed by atoms with E-state index in [1.54, 1.807) is 6.20 Å². The van der Waals surface area contributed by atoms with Crippen LogP contribution < -0.4 is 0 Å². The van der Waals surface area contributed by atoms with Crippen molar-refractivity contribution < 1.29 is 0 Å². The monoisotopic (exact) mass is 120 g/mol. The Morgan fingerprint density at radius 1 is 1.67 bits per heavy atom. The van der Waals surface area contributed by atoms with E-state index in [4.69, 9.17) is 7.98 Å². The summed E-state index contributed by atoms with van der Waals surface area (Å²) in [5.74, 6) is 0.467. The van der Waals surface area contributed by atoms with Gasteiger partial charge in [0.2, 0.25) is 0 Å². The van der Waals surface area contributed by atoms with E-state index in [0.717, 1.165) is 5.69 Å². The molecule has 1 rings (SSSR count). The fourth-order valence-corrected chi connectivity index (χ4v) is 0.661. The van der Waals surface area contributed by atoms with Gasteiger partial charge in [-0.3, -0.25) is 0 Å². The largest absolute Gasteiger partial charge is 0.330 e. The van der Waals surface area contributed by atoms with E-state index >= 15 is 0 Å². The normalized spacial score (nSPS) is 10.6.